The van der Waals surface area contributed by atoms with Gasteiger partial charge in [-0.05, 0) is 70.6 Å². The smallest absolute Gasteiger partial charge is 0.279 e. The van der Waals surface area contributed by atoms with Gasteiger partial charge < -0.3 is 9.64 Å². The van der Waals surface area contributed by atoms with Gasteiger partial charge in [0.2, 0.25) is 0 Å². The van der Waals surface area contributed by atoms with Gasteiger partial charge in [0.1, 0.15) is 0 Å². The zero-order chi connectivity index (χ0) is 23.9. The second-order valence-electron chi connectivity index (χ2n) is 9.55. The minimum absolute atomic E-state index is 0.0486. The Kier molecular flexibility index (Phi) is 13.5. The Labute approximate surface area is 203 Å². The van der Waals surface area contributed by atoms with Crippen LogP contribution in [0.25, 0.3) is 0 Å². The predicted molar refractivity (Wildman–Crippen MR) is 137 cm³/mol. The second kappa shape index (κ2) is 15.8. The van der Waals surface area contributed by atoms with Gasteiger partial charge in [-0.1, -0.05) is 62.9 Å². The highest BCUT2D eigenvalue weighted by Crippen LogP contribution is 2.26. The number of ether oxygens (including phenoxy) is 1. The van der Waals surface area contributed by atoms with Crippen molar-refractivity contribution in [1.29, 1.82) is 0 Å². The fraction of sp³-hybridized carbons (Fsp3) is 0.769. The standard InChI is InChI=1S/C26H47N3O3S/c1-4-5-11-20-28(2)21-12-6-7-13-22-32-26-18-16-25(17-19-26)29(3)33(30,31)27-23-24-14-9-8-10-15-24/h8-10,14-15,25-27H,4-7,11-13,16-23H2,1-3H3. The van der Waals surface area contributed by atoms with Gasteiger partial charge in [0.05, 0.1) is 6.10 Å². The summed E-state index contributed by atoms with van der Waals surface area (Å²) in [6, 6.07) is 9.68. The molecular formula is C26H47N3O3S. The monoisotopic (exact) mass is 481 g/mol. The van der Waals surface area contributed by atoms with Crippen LogP contribution in [0.15, 0.2) is 30.3 Å². The summed E-state index contributed by atoms with van der Waals surface area (Å²) in [7, 11) is 0.449. The largest absolute Gasteiger partial charge is 0.378 e. The lowest BCUT2D eigenvalue weighted by atomic mass is 9.93. The van der Waals surface area contributed by atoms with Crippen molar-refractivity contribution in [3.05, 3.63) is 35.9 Å². The average Bonchev–Trinajstić information content (AvgIpc) is 2.83. The Hall–Kier alpha value is -0.990. The maximum Gasteiger partial charge on any atom is 0.279 e. The molecule has 1 saturated carbocycles. The first kappa shape index (κ1) is 28.2. The van der Waals surface area contributed by atoms with Crippen LogP contribution in [-0.4, -0.2) is 63.6 Å². The highest BCUT2D eigenvalue weighted by atomic mass is 32.2. The summed E-state index contributed by atoms with van der Waals surface area (Å²) in [6.45, 7) is 5.82. The molecule has 7 heteroatoms. The number of unbranched alkanes of at least 4 members (excludes halogenated alkanes) is 5. The fourth-order valence-electron chi connectivity index (χ4n) is 4.47. The number of nitrogens with zero attached hydrogens (tertiary/aromatic N) is 2. The van der Waals surface area contributed by atoms with Crippen LogP contribution in [0, 0.1) is 0 Å². The molecular weight excluding hydrogens is 434 g/mol. The van der Waals surface area contributed by atoms with Gasteiger partial charge in [-0.25, -0.2) is 0 Å². The Morgan fingerprint density at radius 2 is 1.55 bits per heavy atom. The number of nitrogens with one attached hydrogen (secondary N) is 1. The first-order valence-electron chi connectivity index (χ1n) is 13.0. The highest BCUT2D eigenvalue weighted by molar-refractivity contribution is 7.87. The number of hydrogen-bond donors (Lipinski definition) is 1. The normalized spacial score (nSPS) is 19.4. The van der Waals surface area contributed by atoms with Gasteiger partial charge in [-0.3, -0.25) is 0 Å². The number of hydrogen-bond acceptors (Lipinski definition) is 4. The molecule has 0 heterocycles. The van der Waals surface area contributed by atoms with Crippen molar-refractivity contribution < 1.29 is 13.2 Å². The summed E-state index contributed by atoms with van der Waals surface area (Å²) in [5.41, 5.74) is 0.963. The third-order valence-electron chi connectivity index (χ3n) is 6.77. The molecule has 6 nitrogen and oxygen atoms in total. The maximum absolute atomic E-state index is 12.7. The number of rotatable bonds is 17. The van der Waals surface area contributed by atoms with E-state index in [0.29, 0.717) is 6.54 Å². The molecule has 0 radical (unpaired) electrons. The van der Waals surface area contributed by atoms with E-state index in [1.165, 1.54) is 55.9 Å². The van der Waals surface area contributed by atoms with E-state index in [1.807, 2.05) is 30.3 Å². The van der Waals surface area contributed by atoms with E-state index in [4.69, 9.17) is 4.74 Å². The summed E-state index contributed by atoms with van der Waals surface area (Å²) in [5, 5.41) is 0. The van der Waals surface area contributed by atoms with Gasteiger partial charge in [-0.2, -0.15) is 17.4 Å². The minimum Gasteiger partial charge on any atom is -0.378 e. The molecule has 1 aliphatic rings. The van der Waals surface area contributed by atoms with E-state index < -0.39 is 10.2 Å². The molecule has 0 amide bonds. The summed E-state index contributed by atoms with van der Waals surface area (Å²) in [5.74, 6) is 0. The van der Waals surface area contributed by atoms with Gasteiger partial charge in [0.25, 0.3) is 10.2 Å². The molecule has 33 heavy (non-hydrogen) atoms. The van der Waals surface area contributed by atoms with Crippen LogP contribution in [-0.2, 0) is 21.5 Å². The Balaban J connectivity index is 1.53. The SMILES string of the molecule is CCCCCN(C)CCCCCCOC1CCC(N(C)S(=O)(=O)NCc2ccccc2)CC1. The van der Waals surface area contributed by atoms with Gasteiger partial charge in [0, 0.05) is 26.2 Å². The average molecular weight is 482 g/mol. The van der Waals surface area contributed by atoms with Crippen molar-refractivity contribution in [2.45, 2.75) is 96.2 Å². The van der Waals surface area contributed by atoms with Crippen molar-refractivity contribution in [2.24, 2.45) is 0 Å². The molecule has 0 aliphatic heterocycles. The molecule has 1 aromatic carbocycles. The fourth-order valence-corrected chi connectivity index (χ4v) is 5.63. The second-order valence-corrected chi connectivity index (χ2v) is 11.4. The summed E-state index contributed by atoms with van der Waals surface area (Å²) in [4.78, 5) is 2.46. The van der Waals surface area contributed by atoms with E-state index in [2.05, 4.69) is 23.6 Å². The Morgan fingerprint density at radius 1 is 0.909 bits per heavy atom. The Bertz CT molecular complexity index is 722. The van der Waals surface area contributed by atoms with Crippen LogP contribution in [0.5, 0.6) is 0 Å². The molecule has 1 aromatic rings. The van der Waals surface area contributed by atoms with Crippen LogP contribution in [0.4, 0.5) is 0 Å². The van der Waals surface area contributed by atoms with Crippen LogP contribution < -0.4 is 4.72 Å². The van der Waals surface area contributed by atoms with Gasteiger partial charge in [0.15, 0.2) is 0 Å². The highest BCUT2D eigenvalue weighted by Gasteiger charge is 2.30. The molecule has 0 atom stereocenters. The van der Waals surface area contributed by atoms with E-state index >= 15 is 0 Å². The predicted octanol–water partition coefficient (Wildman–Crippen LogP) is 4.96. The lowest BCUT2D eigenvalue weighted by Crippen LogP contribution is -2.45. The van der Waals surface area contributed by atoms with Crippen LogP contribution in [0.1, 0.15) is 83.1 Å². The summed E-state index contributed by atoms with van der Waals surface area (Å²) >= 11 is 0. The van der Waals surface area contributed by atoms with Gasteiger partial charge >= 0.3 is 0 Å². The van der Waals surface area contributed by atoms with E-state index in [0.717, 1.165) is 44.3 Å². The summed E-state index contributed by atoms with van der Waals surface area (Å²) in [6.07, 6.45) is 12.7. The van der Waals surface area contributed by atoms with Crippen LogP contribution >= 0.6 is 0 Å². The van der Waals surface area contributed by atoms with Crippen molar-refractivity contribution >= 4 is 10.2 Å². The molecule has 0 aromatic heterocycles. The molecule has 0 bridgehead atoms. The molecule has 0 saturated heterocycles. The van der Waals surface area contributed by atoms with Crippen molar-refractivity contribution in [3.63, 3.8) is 0 Å². The Morgan fingerprint density at radius 3 is 2.21 bits per heavy atom. The first-order valence-corrected chi connectivity index (χ1v) is 14.4. The summed E-state index contributed by atoms with van der Waals surface area (Å²) < 4.78 is 35.7. The third kappa shape index (κ3) is 11.3. The van der Waals surface area contributed by atoms with E-state index in [-0.39, 0.29) is 12.1 Å². The third-order valence-corrected chi connectivity index (χ3v) is 8.34. The first-order chi connectivity index (χ1) is 15.9. The topological polar surface area (TPSA) is 61.9 Å². The molecule has 0 spiro atoms. The number of benzene rings is 1. The van der Waals surface area contributed by atoms with E-state index in [9.17, 15) is 8.42 Å². The molecule has 2 rings (SSSR count). The van der Waals surface area contributed by atoms with E-state index in [1.54, 1.807) is 7.05 Å². The zero-order valence-corrected chi connectivity index (χ0v) is 22.0. The maximum atomic E-state index is 12.7. The van der Waals surface area contributed by atoms with Crippen molar-refractivity contribution in [3.8, 4) is 0 Å². The van der Waals surface area contributed by atoms with Crippen LogP contribution in [0.2, 0.25) is 0 Å². The molecule has 190 valence electrons. The van der Waals surface area contributed by atoms with Crippen LogP contribution in [0.3, 0.4) is 0 Å². The lowest BCUT2D eigenvalue weighted by molar-refractivity contribution is 0.0155. The van der Waals surface area contributed by atoms with Gasteiger partial charge in [-0.15, -0.1) is 0 Å². The molecule has 1 fully saturated rings. The lowest BCUT2D eigenvalue weighted by Gasteiger charge is -2.34. The molecule has 0 unspecified atom stereocenters. The van der Waals surface area contributed by atoms with Crippen molar-refractivity contribution in [1.82, 2.24) is 13.9 Å². The quantitative estimate of drug-likeness (QED) is 0.319. The zero-order valence-electron chi connectivity index (χ0n) is 21.2. The molecule has 1 aliphatic carbocycles. The minimum atomic E-state index is -3.48. The molecule has 1 N–H and O–H groups in total. The van der Waals surface area contributed by atoms with Crippen molar-refractivity contribution in [2.75, 3.05) is 33.8 Å².